The van der Waals surface area contributed by atoms with Gasteiger partial charge in [-0.3, -0.25) is 10.1 Å². The van der Waals surface area contributed by atoms with Gasteiger partial charge in [-0.05, 0) is 31.5 Å². The van der Waals surface area contributed by atoms with E-state index in [0.717, 1.165) is 24.7 Å². The number of hydrogen-bond donors (Lipinski definition) is 1. The summed E-state index contributed by atoms with van der Waals surface area (Å²) in [5.41, 5.74) is 0.926. The van der Waals surface area contributed by atoms with Crippen LogP contribution in [0.25, 0.3) is 0 Å². The fraction of sp³-hybridized carbons (Fsp3) is 0.600. The average Bonchev–Trinajstić information content (AvgIpc) is 2.98. The zero-order chi connectivity index (χ0) is 15.2. The van der Waals surface area contributed by atoms with Crippen LogP contribution in [-0.2, 0) is 6.54 Å². The van der Waals surface area contributed by atoms with Gasteiger partial charge >= 0.3 is 0 Å². The first-order chi connectivity index (χ1) is 10.1. The van der Waals surface area contributed by atoms with E-state index in [4.69, 9.17) is 11.6 Å². The molecule has 1 aliphatic carbocycles. The van der Waals surface area contributed by atoms with Gasteiger partial charge in [0.2, 0.25) is 0 Å². The first-order valence-corrected chi connectivity index (χ1v) is 7.79. The lowest BCUT2D eigenvalue weighted by atomic mass is 10.2. The van der Waals surface area contributed by atoms with Gasteiger partial charge in [0.15, 0.2) is 0 Å². The normalized spacial score (nSPS) is 15.8. The fourth-order valence-electron chi connectivity index (χ4n) is 2.80. The molecule has 1 fully saturated rings. The van der Waals surface area contributed by atoms with E-state index in [9.17, 15) is 10.1 Å². The van der Waals surface area contributed by atoms with Crippen LogP contribution in [-0.4, -0.2) is 36.0 Å². The molecule has 0 atom stereocenters. The van der Waals surface area contributed by atoms with Crippen molar-refractivity contribution in [3.8, 4) is 0 Å². The van der Waals surface area contributed by atoms with Crippen LogP contribution in [0, 0.1) is 10.1 Å². The van der Waals surface area contributed by atoms with E-state index in [1.165, 1.54) is 37.8 Å². The van der Waals surface area contributed by atoms with Crippen LogP contribution < -0.4 is 5.32 Å². The molecule has 0 heterocycles. The summed E-state index contributed by atoms with van der Waals surface area (Å²) in [5, 5.41) is 14.4. The first kappa shape index (κ1) is 16.2. The predicted molar refractivity (Wildman–Crippen MR) is 84.7 cm³/mol. The molecule has 0 amide bonds. The smallest absolute Gasteiger partial charge is 0.270 e. The minimum Gasteiger partial charge on any atom is -0.311 e. The van der Waals surface area contributed by atoms with Crippen LogP contribution in [0.15, 0.2) is 18.2 Å². The number of nitrogens with one attached hydrogen (secondary N) is 1. The number of halogens is 1. The highest BCUT2D eigenvalue weighted by Gasteiger charge is 2.18. The summed E-state index contributed by atoms with van der Waals surface area (Å²) in [6.07, 6.45) is 5.32. The van der Waals surface area contributed by atoms with Crippen molar-refractivity contribution in [2.75, 3.05) is 20.1 Å². The van der Waals surface area contributed by atoms with Crippen LogP contribution in [0.3, 0.4) is 0 Å². The summed E-state index contributed by atoms with van der Waals surface area (Å²) in [4.78, 5) is 12.6. The highest BCUT2D eigenvalue weighted by atomic mass is 35.5. The Morgan fingerprint density at radius 1 is 1.43 bits per heavy atom. The Hall–Kier alpha value is -1.17. The number of likely N-dealkylation sites (N-methyl/N-ethyl adjacent to an activating group) is 1. The van der Waals surface area contributed by atoms with Gasteiger partial charge < -0.3 is 10.2 Å². The minimum absolute atomic E-state index is 0.0321. The third-order valence-electron chi connectivity index (χ3n) is 4.15. The number of rotatable bonds is 7. The molecule has 116 valence electrons. The van der Waals surface area contributed by atoms with Crippen LogP contribution in [0.1, 0.15) is 31.2 Å². The molecule has 1 N–H and O–H groups in total. The Kier molecular flexibility index (Phi) is 5.96. The number of nitro benzene ring substituents is 1. The molecule has 5 nitrogen and oxygen atoms in total. The Bertz CT molecular complexity index is 490. The number of hydrogen-bond acceptors (Lipinski definition) is 4. The van der Waals surface area contributed by atoms with E-state index in [1.807, 2.05) is 0 Å². The van der Waals surface area contributed by atoms with Crippen LogP contribution in [0.2, 0.25) is 5.02 Å². The topological polar surface area (TPSA) is 58.4 Å². The van der Waals surface area contributed by atoms with E-state index in [2.05, 4.69) is 17.3 Å². The van der Waals surface area contributed by atoms with Crippen molar-refractivity contribution in [1.82, 2.24) is 10.2 Å². The van der Waals surface area contributed by atoms with Crippen molar-refractivity contribution >= 4 is 17.3 Å². The third-order valence-corrected chi connectivity index (χ3v) is 4.50. The van der Waals surface area contributed by atoms with Crippen molar-refractivity contribution in [3.05, 3.63) is 38.9 Å². The third kappa shape index (κ3) is 4.66. The zero-order valence-electron chi connectivity index (χ0n) is 12.3. The lowest BCUT2D eigenvalue weighted by molar-refractivity contribution is -0.384. The molecule has 0 aromatic heterocycles. The molecule has 0 bridgehead atoms. The molecule has 0 spiro atoms. The van der Waals surface area contributed by atoms with Gasteiger partial charge in [-0.2, -0.15) is 0 Å². The van der Waals surface area contributed by atoms with Crippen molar-refractivity contribution in [2.24, 2.45) is 0 Å². The van der Waals surface area contributed by atoms with Gasteiger partial charge in [-0.15, -0.1) is 0 Å². The highest BCUT2D eigenvalue weighted by molar-refractivity contribution is 6.31. The summed E-state index contributed by atoms with van der Waals surface area (Å²) < 4.78 is 0. The number of nitro groups is 1. The maximum Gasteiger partial charge on any atom is 0.270 e. The van der Waals surface area contributed by atoms with E-state index in [0.29, 0.717) is 11.6 Å². The molecule has 1 aliphatic rings. The van der Waals surface area contributed by atoms with E-state index < -0.39 is 4.92 Å². The first-order valence-electron chi connectivity index (χ1n) is 7.41. The van der Waals surface area contributed by atoms with Gasteiger partial charge in [-0.1, -0.05) is 24.4 Å². The van der Waals surface area contributed by atoms with Gasteiger partial charge in [-0.25, -0.2) is 0 Å². The Labute approximate surface area is 130 Å². The summed E-state index contributed by atoms with van der Waals surface area (Å²) in [7, 11) is 2.18. The van der Waals surface area contributed by atoms with Gasteiger partial charge in [0.1, 0.15) is 0 Å². The molecule has 0 unspecified atom stereocenters. The van der Waals surface area contributed by atoms with E-state index >= 15 is 0 Å². The van der Waals surface area contributed by atoms with Crippen molar-refractivity contribution in [2.45, 2.75) is 38.3 Å². The monoisotopic (exact) mass is 311 g/mol. The summed E-state index contributed by atoms with van der Waals surface area (Å²) >= 11 is 6.06. The molecule has 6 heteroatoms. The summed E-state index contributed by atoms with van der Waals surface area (Å²) in [6.45, 7) is 2.53. The van der Waals surface area contributed by atoms with E-state index in [-0.39, 0.29) is 5.69 Å². The molecule has 0 radical (unpaired) electrons. The predicted octanol–water partition coefficient (Wildman–Crippen LogP) is 3.21. The second-order valence-corrected chi connectivity index (χ2v) is 6.04. The molecular weight excluding hydrogens is 290 g/mol. The lowest BCUT2D eigenvalue weighted by Crippen LogP contribution is -2.35. The van der Waals surface area contributed by atoms with Crippen LogP contribution >= 0.6 is 11.6 Å². The van der Waals surface area contributed by atoms with Crippen molar-refractivity contribution in [3.63, 3.8) is 0 Å². The van der Waals surface area contributed by atoms with Crippen molar-refractivity contribution in [1.29, 1.82) is 0 Å². The molecular formula is C15H22ClN3O2. The minimum atomic E-state index is -0.431. The van der Waals surface area contributed by atoms with Gasteiger partial charge in [0.05, 0.1) is 9.95 Å². The number of nitrogens with zero attached hydrogens (tertiary/aromatic N) is 2. The molecule has 0 aliphatic heterocycles. The highest BCUT2D eigenvalue weighted by Crippen LogP contribution is 2.23. The summed E-state index contributed by atoms with van der Waals surface area (Å²) in [5.74, 6) is 0. The maximum atomic E-state index is 10.7. The second-order valence-electron chi connectivity index (χ2n) is 5.63. The Balaban J connectivity index is 1.74. The molecule has 1 aromatic carbocycles. The molecule has 21 heavy (non-hydrogen) atoms. The number of benzene rings is 1. The largest absolute Gasteiger partial charge is 0.311 e. The van der Waals surface area contributed by atoms with Crippen LogP contribution in [0.4, 0.5) is 5.69 Å². The SMILES string of the molecule is CN(CCNCc1ccc([N+](=O)[O-])cc1Cl)C1CCCC1. The Morgan fingerprint density at radius 2 is 2.14 bits per heavy atom. The van der Waals surface area contributed by atoms with E-state index in [1.54, 1.807) is 6.07 Å². The molecule has 1 aromatic rings. The van der Waals surface area contributed by atoms with Gasteiger partial charge in [0, 0.05) is 37.8 Å². The molecule has 2 rings (SSSR count). The van der Waals surface area contributed by atoms with Crippen molar-refractivity contribution < 1.29 is 4.92 Å². The lowest BCUT2D eigenvalue weighted by Gasteiger charge is -2.24. The average molecular weight is 312 g/mol. The number of non-ortho nitro benzene ring substituents is 1. The second kappa shape index (κ2) is 7.73. The quantitative estimate of drug-likeness (QED) is 0.477. The zero-order valence-corrected chi connectivity index (χ0v) is 13.1. The standard InChI is InChI=1S/C15H22ClN3O2/c1-18(13-4-2-3-5-13)9-8-17-11-12-6-7-14(19(20)21)10-15(12)16/h6-7,10,13,17H,2-5,8-9,11H2,1H3. The molecule has 1 saturated carbocycles. The Morgan fingerprint density at radius 3 is 2.76 bits per heavy atom. The summed E-state index contributed by atoms with van der Waals surface area (Å²) in [6, 6.07) is 5.35. The molecule has 0 saturated heterocycles. The van der Waals surface area contributed by atoms with Crippen LogP contribution in [0.5, 0.6) is 0 Å². The van der Waals surface area contributed by atoms with Gasteiger partial charge in [0.25, 0.3) is 5.69 Å². The fourth-order valence-corrected chi connectivity index (χ4v) is 3.04. The maximum absolute atomic E-state index is 10.7.